The molecule has 0 spiro atoms. The van der Waals surface area contributed by atoms with Gasteiger partial charge in [0.15, 0.2) is 0 Å². The molecule has 0 bridgehead atoms. The summed E-state index contributed by atoms with van der Waals surface area (Å²) in [4.78, 5) is 21.2. The van der Waals surface area contributed by atoms with Gasteiger partial charge >= 0.3 is 5.97 Å². The largest absolute Gasteiger partial charge is 0.480 e. The minimum atomic E-state index is -1.08. The van der Waals surface area contributed by atoms with E-state index < -0.39 is 12.0 Å². The molecular weight excluding hydrogens is 192 g/mol. The molecule has 6 heteroatoms. The summed E-state index contributed by atoms with van der Waals surface area (Å²) in [5.74, 6) is -0.704. The van der Waals surface area contributed by atoms with Crippen LogP contribution in [-0.4, -0.2) is 35.3 Å². The molecule has 0 saturated heterocycles. The molecule has 5 nitrogen and oxygen atoms in total. The van der Waals surface area contributed by atoms with Crippen LogP contribution in [0.25, 0.3) is 0 Å². The molecule has 0 aromatic heterocycles. The maximum atomic E-state index is 10.9. The van der Waals surface area contributed by atoms with Crippen molar-refractivity contribution in [1.82, 2.24) is 5.32 Å². The van der Waals surface area contributed by atoms with Crippen molar-refractivity contribution in [1.29, 1.82) is 0 Å². The van der Waals surface area contributed by atoms with E-state index in [2.05, 4.69) is 17.9 Å². The normalized spacial score (nSPS) is 12.2. The highest BCUT2D eigenvalue weighted by atomic mass is 32.1. The van der Waals surface area contributed by atoms with E-state index in [4.69, 9.17) is 10.8 Å². The standard InChI is InChI=1S/C7H14N2O3S/c8-5(7(11)12)1-2-6(10)9-3-4-13/h5,13H,1-4,8H2,(H,9,10)(H,11,12). The monoisotopic (exact) mass is 206 g/mol. The van der Waals surface area contributed by atoms with Gasteiger partial charge < -0.3 is 16.2 Å². The predicted octanol–water partition coefficient (Wildman–Crippen LogP) is -0.776. The molecule has 76 valence electrons. The zero-order valence-corrected chi connectivity index (χ0v) is 8.09. The summed E-state index contributed by atoms with van der Waals surface area (Å²) in [5, 5.41) is 11.0. The Bertz CT molecular complexity index is 187. The molecule has 0 aliphatic rings. The van der Waals surface area contributed by atoms with Gasteiger partial charge in [-0.15, -0.1) is 0 Å². The molecule has 0 radical (unpaired) electrons. The number of hydrogen-bond acceptors (Lipinski definition) is 4. The smallest absolute Gasteiger partial charge is 0.320 e. The van der Waals surface area contributed by atoms with E-state index in [1.54, 1.807) is 0 Å². The lowest BCUT2D eigenvalue weighted by Crippen LogP contribution is -2.33. The first kappa shape index (κ1) is 12.2. The van der Waals surface area contributed by atoms with Gasteiger partial charge in [-0.25, -0.2) is 0 Å². The molecule has 13 heavy (non-hydrogen) atoms. The van der Waals surface area contributed by atoms with E-state index in [0.29, 0.717) is 12.3 Å². The highest BCUT2D eigenvalue weighted by molar-refractivity contribution is 7.80. The number of nitrogens with one attached hydrogen (secondary N) is 1. The second-order valence-electron chi connectivity index (χ2n) is 2.56. The van der Waals surface area contributed by atoms with Gasteiger partial charge in [0, 0.05) is 18.7 Å². The molecule has 0 aliphatic heterocycles. The van der Waals surface area contributed by atoms with Crippen LogP contribution in [0.1, 0.15) is 12.8 Å². The quantitative estimate of drug-likeness (QED) is 0.429. The van der Waals surface area contributed by atoms with E-state index in [1.807, 2.05) is 0 Å². The lowest BCUT2D eigenvalue weighted by atomic mass is 10.1. The molecule has 0 saturated carbocycles. The number of aliphatic carboxylic acids is 1. The van der Waals surface area contributed by atoms with Crippen LogP contribution in [0.2, 0.25) is 0 Å². The van der Waals surface area contributed by atoms with E-state index in [1.165, 1.54) is 0 Å². The van der Waals surface area contributed by atoms with Crippen molar-refractivity contribution >= 4 is 24.5 Å². The Balaban J connectivity index is 3.52. The van der Waals surface area contributed by atoms with Crippen molar-refractivity contribution in [3.05, 3.63) is 0 Å². The molecule has 0 aliphatic carbocycles. The molecule has 1 amide bonds. The zero-order chi connectivity index (χ0) is 10.3. The number of carboxylic acid groups (broad SMARTS) is 1. The number of carboxylic acids is 1. The number of carbonyl (C=O) groups is 2. The van der Waals surface area contributed by atoms with Crippen molar-refractivity contribution in [2.75, 3.05) is 12.3 Å². The first-order chi connectivity index (χ1) is 6.07. The van der Waals surface area contributed by atoms with Crippen LogP contribution in [-0.2, 0) is 9.59 Å². The Morgan fingerprint density at radius 1 is 1.54 bits per heavy atom. The molecule has 1 atom stereocenters. The first-order valence-corrected chi connectivity index (χ1v) is 4.57. The second-order valence-corrected chi connectivity index (χ2v) is 3.00. The first-order valence-electron chi connectivity index (χ1n) is 3.94. The highest BCUT2D eigenvalue weighted by Gasteiger charge is 2.12. The number of amides is 1. The van der Waals surface area contributed by atoms with Crippen LogP contribution >= 0.6 is 12.6 Å². The summed E-state index contributed by atoms with van der Waals surface area (Å²) >= 11 is 3.90. The number of carbonyl (C=O) groups excluding carboxylic acids is 1. The van der Waals surface area contributed by atoms with E-state index >= 15 is 0 Å². The summed E-state index contributed by atoms with van der Waals surface area (Å²) < 4.78 is 0. The van der Waals surface area contributed by atoms with Gasteiger partial charge in [0.1, 0.15) is 6.04 Å². The lowest BCUT2D eigenvalue weighted by Gasteiger charge is -2.05. The fraction of sp³-hybridized carbons (Fsp3) is 0.714. The van der Waals surface area contributed by atoms with Gasteiger partial charge in [0.05, 0.1) is 0 Å². The van der Waals surface area contributed by atoms with Crippen molar-refractivity contribution < 1.29 is 14.7 Å². The van der Waals surface area contributed by atoms with Crippen LogP contribution < -0.4 is 11.1 Å². The second kappa shape index (κ2) is 6.73. The van der Waals surface area contributed by atoms with Crippen LogP contribution in [0.4, 0.5) is 0 Å². The van der Waals surface area contributed by atoms with E-state index in [9.17, 15) is 9.59 Å². The third-order valence-electron chi connectivity index (χ3n) is 1.43. The summed E-state index contributed by atoms with van der Waals surface area (Å²) in [6, 6.07) is -0.957. The van der Waals surface area contributed by atoms with Crippen LogP contribution in [0.15, 0.2) is 0 Å². The van der Waals surface area contributed by atoms with Crippen molar-refractivity contribution in [2.45, 2.75) is 18.9 Å². The molecule has 0 fully saturated rings. The Morgan fingerprint density at radius 2 is 2.15 bits per heavy atom. The molecule has 0 rings (SSSR count). The molecule has 0 aromatic carbocycles. The Kier molecular flexibility index (Phi) is 6.34. The number of thiol groups is 1. The van der Waals surface area contributed by atoms with Crippen molar-refractivity contribution in [3.8, 4) is 0 Å². The van der Waals surface area contributed by atoms with Crippen LogP contribution in [0, 0.1) is 0 Å². The Labute approximate surface area is 82.1 Å². The average Bonchev–Trinajstić information content (AvgIpc) is 2.10. The SMILES string of the molecule is NC(CCC(=O)NCCS)C(=O)O. The Hall–Kier alpha value is -0.750. The third kappa shape index (κ3) is 6.41. The highest BCUT2D eigenvalue weighted by Crippen LogP contribution is 1.94. The van der Waals surface area contributed by atoms with Crippen molar-refractivity contribution in [2.24, 2.45) is 5.73 Å². The minimum absolute atomic E-state index is 0.140. The fourth-order valence-corrected chi connectivity index (χ4v) is 0.806. The van der Waals surface area contributed by atoms with Crippen LogP contribution in [0.3, 0.4) is 0 Å². The van der Waals surface area contributed by atoms with Crippen molar-refractivity contribution in [3.63, 3.8) is 0 Å². The zero-order valence-electron chi connectivity index (χ0n) is 7.19. The predicted molar refractivity (Wildman–Crippen MR) is 51.7 cm³/mol. The average molecular weight is 206 g/mol. The maximum absolute atomic E-state index is 10.9. The van der Waals surface area contributed by atoms with E-state index in [0.717, 1.165) is 0 Å². The van der Waals surface area contributed by atoms with E-state index in [-0.39, 0.29) is 18.7 Å². The van der Waals surface area contributed by atoms with Gasteiger partial charge in [-0.05, 0) is 6.42 Å². The molecule has 0 aromatic rings. The number of rotatable bonds is 6. The summed E-state index contributed by atoms with van der Waals surface area (Å²) in [6.07, 6.45) is 0.301. The van der Waals surface area contributed by atoms with Gasteiger partial charge in [-0.3, -0.25) is 9.59 Å². The minimum Gasteiger partial charge on any atom is -0.480 e. The molecule has 4 N–H and O–H groups in total. The van der Waals surface area contributed by atoms with Gasteiger partial charge in [0.25, 0.3) is 0 Å². The topological polar surface area (TPSA) is 92.4 Å². The van der Waals surface area contributed by atoms with Gasteiger partial charge in [0.2, 0.25) is 5.91 Å². The Morgan fingerprint density at radius 3 is 2.62 bits per heavy atom. The third-order valence-corrected chi connectivity index (χ3v) is 1.66. The summed E-state index contributed by atoms with van der Waals surface area (Å²) in [6.45, 7) is 0.490. The summed E-state index contributed by atoms with van der Waals surface area (Å²) in [5.41, 5.74) is 5.20. The van der Waals surface area contributed by atoms with Gasteiger partial charge in [-0.1, -0.05) is 0 Å². The number of hydrogen-bond donors (Lipinski definition) is 4. The molecule has 1 unspecified atom stereocenters. The van der Waals surface area contributed by atoms with Crippen LogP contribution in [0.5, 0.6) is 0 Å². The molecule has 0 heterocycles. The fourth-order valence-electron chi connectivity index (χ4n) is 0.694. The van der Waals surface area contributed by atoms with Gasteiger partial charge in [-0.2, -0.15) is 12.6 Å². The maximum Gasteiger partial charge on any atom is 0.320 e. The summed E-state index contributed by atoms with van der Waals surface area (Å²) in [7, 11) is 0. The molecular formula is C7H14N2O3S. The number of nitrogens with two attached hydrogens (primary N) is 1. The lowest BCUT2D eigenvalue weighted by molar-refractivity contribution is -0.138.